The number of benzene rings is 1. The molecule has 0 radical (unpaired) electrons. The first-order valence-corrected chi connectivity index (χ1v) is 8.29. The van der Waals surface area contributed by atoms with Crippen LogP contribution in [0.1, 0.15) is 32.0 Å². The van der Waals surface area contributed by atoms with E-state index in [1.54, 1.807) is 7.05 Å². The lowest BCUT2D eigenvalue weighted by atomic mass is 9.92. The minimum Gasteiger partial charge on any atom is -0.359 e. The zero-order valence-electron chi connectivity index (χ0n) is 12.6. The second kappa shape index (κ2) is 6.12. The highest BCUT2D eigenvalue weighted by Gasteiger charge is 2.29. The number of alkyl halides is 1. The molecule has 1 heterocycles. The van der Waals surface area contributed by atoms with Crippen LogP contribution in [0.15, 0.2) is 18.2 Å². The van der Waals surface area contributed by atoms with Gasteiger partial charge in [-0.3, -0.25) is 4.79 Å². The molecule has 0 saturated heterocycles. The van der Waals surface area contributed by atoms with Crippen LogP contribution in [0.25, 0.3) is 11.0 Å². The van der Waals surface area contributed by atoms with Crippen LogP contribution in [0.4, 0.5) is 0 Å². The van der Waals surface area contributed by atoms with Gasteiger partial charge in [0, 0.05) is 17.2 Å². The van der Waals surface area contributed by atoms with E-state index in [4.69, 9.17) is 11.6 Å². The van der Waals surface area contributed by atoms with Crippen molar-refractivity contribution in [2.24, 2.45) is 5.41 Å². The maximum absolute atomic E-state index is 12.1. The second-order valence-corrected chi connectivity index (χ2v) is 7.67. The molecule has 114 valence electrons. The summed E-state index contributed by atoms with van der Waals surface area (Å²) < 4.78 is 3.18. The van der Waals surface area contributed by atoms with Gasteiger partial charge in [0.1, 0.15) is 5.82 Å². The predicted molar refractivity (Wildman–Crippen MR) is 94.6 cm³/mol. The van der Waals surface area contributed by atoms with Gasteiger partial charge in [-0.1, -0.05) is 0 Å². The Kier molecular flexibility index (Phi) is 4.82. The van der Waals surface area contributed by atoms with Crippen molar-refractivity contribution in [3.8, 4) is 0 Å². The first kappa shape index (κ1) is 16.5. The van der Waals surface area contributed by atoms with Crippen LogP contribution in [0.3, 0.4) is 0 Å². The average molecular weight is 420 g/mol. The first-order valence-electron chi connectivity index (χ1n) is 6.78. The van der Waals surface area contributed by atoms with Gasteiger partial charge in [0.25, 0.3) is 0 Å². The van der Waals surface area contributed by atoms with Crippen LogP contribution in [0.2, 0.25) is 0 Å². The summed E-state index contributed by atoms with van der Waals surface area (Å²) in [7, 11) is 1.66. The third-order valence-electron chi connectivity index (χ3n) is 3.49. The molecule has 2 rings (SSSR count). The Balaban J connectivity index is 2.56. The monoisotopic (exact) mass is 419 g/mol. The zero-order valence-corrected chi connectivity index (χ0v) is 15.5. The second-order valence-electron chi connectivity index (χ2n) is 5.77. The minimum atomic E-state index is -0.536. The van der Waals surface area contributed by atoms with Crippen LogP contribution in [-0.4, -0.2) is 22.5 Å². The van der Waals surface area contributed by atoms with E-state index in [1.807, 2.05) is 39.0 Å². The third kappa shape index (κ3) is 3.34. The summed E-state index contributed by atoms with van der Waals surface area (Å²) >= 11 is 8.54. The lowest BCUT2D eigenvalue weighted by Crippen LogP contribution is -2.38. The van der Waals surface area contributed by atoms with Gasteiger partial charge in [0.05, 0.1) is 21.8 Å². The molecule has 1 unspecified atom stereocenters. The summed E-state index contributed by atoms with van der Waals surface area (Å²) in [6.45, 7) is 6.29. The minimum absolute atomic E-state index is 0.00281. The van der Waals surface area contributed by atoms with E-state index in [9.17, 15) is 4.79 Å². The molecular weight excluding hydrogens is 401 g/mol. The molecule has 1 amide bonds. The average Bonchev–Trinajstić information content (AvgIpc) is 2.75. The molecule has 1 N–H and O–H groups in total. The summed E-state index contributed by atoms with van der Waals surface area (Å²) in [4.78, 5) is 16.7. The fourth-order valence-corrected chi connectivity index (χ4v) is 3.04. The number of aromatic nitrogens is 2. The van der Waals surface area contributed by atoms with E-state index in [0.717, 1.165) is 20.4 Å². The highest BCUT2D eigenvalue weighted by molar-refractivity contribution is 14.1. The lowest BCUT2D eigenvalue weighted by molar-refractivity contribution is -0.129. The number of nitrogens with one attached hydrogen (secondary N) is 1. The summed E-state index contributed by atoms with van der Waals surface area (Å²) in [6, 6.07) is 6.10. The van der Waals surface area contributed by atoms with Gasteiger partial charge < -0.3 is 9.88 Å². The van der Waals surface area contributed by atoms with Crippen LogP contribution >= 0.6 is 34.2 Å². The van der Waals surface area contributed by atoms with Crippen molar-refractivity contribution >= 4 is 51.1 Å². The van der Waals surface area contributed by atoms with Crippen LogP contribution in [0, 0.1) is 8.99 Å². The van der Waals surface area contributed by atoms with Crippen molar-refractivity contribution in [3.63, 3.8) is 0 Å². The Morgan fingerprint density at radius 1 is 1.52 bits per heavy atom. The molecular formula is C15H19ClIN3O. The normalized spacial score (nSPS) is 13.4. The first-order chi connectivity index (χ1) is 9.76. The van der Waals surface area contributed by atoms with Gasteiger partial charge in [-0.05, 0) is 61.6 Å². The molecule has 1 aromatic heterocycles. The molecule has 0 saturated carbocycles. The fraction of sp³-hybridized carbons (Fsp3) is 0.467. The van der Waals surface area contributed by atoms with E-state index in [1.165, 1.54) is 0 Å². The molecule has 0 spiro atoms. The molecule has 21 heavy (non-hydrogen) atoms. The van der Waals surface area contributed by atoms with Crippen molar-refractivity contribution in [3.05, 3.63) is 27.6 Å². The number of hydrogen-bond acceptors (Lipinski definition) is 2. The quantitative estimate of drug-likeness (QED) is 0.606. The summed E-state index contributed by atoms with van der Waals surface area (Å²) in [5.41, 5.74) is 1.39. The maximum Gasteiger partial charge on any atom is 0.227 e. The molecule has 2 aromatic rings. The van der Waals surface area contributed by atoms with Crippen LogP contribution < -0.4 is 5.32 Å². The van der Waals surface area contributed by atoms with E-state index in [2.05, 4.69) is 37.5 Å². The van der Waals surface area contributed by atoms with E-state index < -0.39 is 5.41 Å². The van der Waals surface area contributed by atoms with E-state index >= 15 is 0 Å². The summed E-state index contributed by atoms with van der Waals surface area (Å²) in [6.07, 6.45) is 0. The van der Waals surface area contributed by atoms with Crippen molar-refractivity contribution in [1.82, 2.24) is 14.9 Å². The number of imidazole rings is 1. The third-order valence-corrected chi connectivity index (χ3v) is 4.36. The van der Waals surface area contributed by atoms with Crippen molar-refractivity contribution < 1.29 is 4.79 Å². The van der Waals surface area contributed by atoms with Crippen LogP contribution in [0.5, 0.6) is 0 Å². The fourth-order valence-electron chi connectivity index (χ4n) is 2.40. The Bertz CT molecular complexity index is 679. The number of hydrogen-bond donors (Lipinski definition) is 1. The van der Waals surface area contributed by atoms with Crippen molar-refractivity contribution in [2.75, 3.05) is 7.05 Å². The number of nitrogens with zero attached hydrogens (tertiary/aromatic N) is 2. The molecule has 6 heteroatoms. The molecule has 0 aliphatic carbocycles. The Morgan fingerprint density at radius 2 is 2.19 bits per heavy atom. The molecule has 0 bridgehead atoms. The summed E-state index contributed by atoms with van der Waals surface area (Å²) in [5.74, 6) is 0.800. The topological polar surface area (TPSA) is 46.9 Å². The smallest absolute Gasteiger partial charge is 0.227 e. The molecule has 4 nitrogen and oxygen atoms in total. The number of fused-ring (bicyclic) bond motifs is 1. The zero-order chi connectivity index (χ0) is 15.8. The Labute approximate surface area is 143 Å². The number of halogens is 2. The number of rotatable bonds is 4. The highest BCUT2D eigenvalue weighted by atomic mass is 127. The van der Waals surface area contributed by atoms with Gasteiger partial charge in [-0.15, -0.1) is 11.6 Å². The SMILES string of the molecule is CNC(=O)C(C)(C)Cn1c(C(C)Cl)nc2cc(I)ccc21. The standard InChI is InChI=1S/C15H19ClIN3O/c1-9(16)13-19-11-7-10(17)5-6-12(11)20(13)8-15(2,3)14(21)18-4/h5-7,9H,8H2,1-4H3,(H,18,21). The molecule has 0 fully saturated rings. The molecule has 1 aromatic carbocycles. The summed E-state index contributed by atoms with van der Waals surface area (Å²) in [5, 5.41) is 2.50. The van der Waals surface area contributed by atoms with Crippen molar-refractivity contribution in [2.45, 2.75) is 32.7 Å². The van der Waals surface area contributed by atoms with Crippen molar-refractivity contribution in [1.29, 1.82) is 0 Å². The van der Waals surface area contributed by atoms with Gasteiger partial charge in [0.2, 0.25) is 5.91 Å². The maximum atomic E-state index is 12.1. The lowest BCUT2D eigenvalue weighted by Gasteiger charge is -2.25. The van der Waals surface area contributed by atoms with E-state index in [0.29, 0.717) is 6.54 Å². The van der Waals surface area contributed by atoms with Gasteiger partial charge in [0.15, 0.2) is 0 Å². The van der Waals surface area contributed by atoms with Gasteiger partial charge in [-0.25, -0.2) is 4.98 Å². The number of carbonyl (C=O) groups is 1. The predicted octanol–water partition coefficient (Wildman–Crippen LogP) is 3.71. The van der Waals surface area contributed by atoms with Crippen LogP contribution in [-0.2, 0) is 11.3 Å². The van der Waals surface area contributed by atoms with Gasteiger partial charge >= 0.3 is 0 Å². The molecule has 0 aliphatic heterocycles. The molecule has 1 atom stereocenters. The largest absolute Gasteiger partial charge is 0.359 e. The number of amides is 1. The Hall–Kier alpha value is -0.820. The molecule has 0 aliphatic rings. The van der Waals surface area contributed by atoms with Gasteiger partial charge in [-0.2, -0.15) is 0 Å². The Morgan fingerprint density at radius 3 is 2.76 bits per heavy atom. The highest BCUT2D eigenvalue weighted by Crippen LogP contribution is 2.29. The number of carbonyl (C=O) groups excluding carboxylic acids is 1. The van der Waals surface area contributed by atoms with E-state index in [-0.39, 0.29) is 11.3 Å².